The Kier molecular flexibility index (Phi) is 0.795. The Bertz CT molecular complexity index is 544. The number of ether oxygens (including phenoxy) is 1. The zero-order valence-electron chi connectivity index (χ0n) is 9.37. The molecule has 7 saturated carbocycles. The molecule has 2 bridgehead atoms. The predicted octanol–water partition coefficient (Wildman–Crippen LogP) is 1.70. The monoisotopic (exact) mass is 238 g/mol. The smallest absolute Gasteiger partial charge is 0.302 e. The van der Waals surface area contributed by atoms with Crippen LogP contribution in [0, 0.1) is 45.8 Å². The van der Waals surface area contributed by atoms with Crippen molar-refractivity contribution in [1.29, 1.82) is 0 Å². The van der Waals surface area contributed by atoms with Crippen molar-refractivity contribution in [2.24, 2.45) is 45.8 Å². The first kappa shape index (κ1) is 8.44. The molecule has 7 rings (SSSR count). The van der Waals surface area contributed by atoms with Crippen LogP contribution in [-0.4, -0.2) is 18.5 Å². The van der Waals surface area contributed by atoms with Crippen molar-refractivity contribution < 1.29 is 18.3 Å². The van der Waals surface area contributed by atoms with Crippen LogP contribution in [0.1, 0.15) is 13.3 Å². The SMILES string of the molecule is CC(=O)OCC12C3C4C5C3C13CC53C2C4(F)F. The molecular formula is C13H12F2O2. The molecule has 90 valence electrons. The number of rotatable bonds is 2. The fourth-order valence-electron chi connectivity index (χ4n) is 8.19. The van der Waals surface area contributed by atoms with Crippen molar-refractivity contribution in [3.05, 3.63) is 0 Å². The highest BCUT2D eigenvalue weighted by Gasteiger charge is 3.21. The summed E-state index contributed by atoms with van der Waals surface area (Å²) < 4.78 is 33.7. The highest BCUT2D eigenvalue weighted by molar-refractivity contribution is 5.68. The second-order valence-electron chi connectivity index (χ2n) is 7.22. The second kappa shape index (κ2) is 1.60. The first-order valence-corrected chi connectivity index (χ1v) is 6.49. The maximum Gasteiger partial charge on any atom is 0.302 e. The number of alkyl halides is 2. The zero-order chi connectivity index (χ0) is 11.6. The van der Waals surface area contributed by atoms with Crippen molar-refractivity contribution >= 4 is 5.97 Å². The highest BCUT2D eigenvalue weighted by Crippen LogP contribution is 3.20. The summed E-state index contributed by atoms with van der Waals surface area (Å²) in [4.78, 5) is 11.0. The number of hydrogen-bond donors (Lipinski definition) is 0. The second-order valence-corrected chi connectivity index (χ2v) is 7.22. The standard InChI is InChI=1S/C13H12F2O2/c1-4(16)17-3-11-6-7-5-8(6)13(14,15)9(11)10(5)2-12(7,10)11/h5-9H,2-3H2,1H3. The summed E-state index contributed by atoms with van der Waals surface area (Å²) >= 11 is 0. The number of carbonyl (C=O) groups is 1. The van der Waals surface area contributed by atoms with Crippen LogP contribution in [0.15, 0.2) is 0 Å². The van der Waals surface area contributed by atoms with E-state index in [4.69, 9.17) is 4.74 Å². The summed E-state index contributed by atoms with van der Waals surface area (Å²) in [6.07, 6.45) is 1.02. The molecule has 0 aromatic rings. The number of carbonyl (C=O) groups excluding carboxylic acids is 1. The third kappa shape index (κ3) is 0.374. The molecule has 0 saturated heterocycles. The normalized spacial score (nSPS) is 75.6. The predicted molar refractivity (Wildman–Crippen MR) is 50.9 cm³/mol. The van der Waals surface area contributed by atoms with Gasteiger partial charge < -0.3 is 4.74 Å². The Morgan fingerprint density at radius 2 is 2.06 bits per heavy atom. The van der Waals surface area contributed by atoms with Gasteiger partial charge in [-0.05, 0) is 35.0 Å². The lowest BCUT2D eigenvalue weighted by atomic mass is 9.14. The van der Waals surface area contributed by atoms with E-state index < -0.39 is 11.8 Å². The van der Waals surface area contributed by atoms with Crippen LogP contribution in [0.25, 0.3) is 0 Å². The quantitative estimate of drug-likeness (QED) is 0.684. The minimum atomic E-state index is -2.46. The largest absolute Gasteiger partial charge is 0.465 e. The molecule has 7 aliphatic carbocycles. The van der Waals surface area contributed by atoms with Gasteiger partial charge in [0.15, 0.2) is 0 Å². The molecule has 0 amide bonds. The van der Waals surface area contributed by atoms with Crippen LogP contribution in [0.4, 0.5) is 8.78 Å². The van der Waals surface area contributed by atoms with Crippen molar-refractivity contribution in [3.8, 4) is 0 Å². The molecule has 0 N–H and O–H groups in total. The van der Waals surface area contributed by atoms with E-state index in [9.17, 15) is 13.6 Å². The van der Waals surface area contributed by atoms with Crippen LogP contribution in [0.2, 0.25) is 0 Å². The zero-order valence-corrected chi connectivity index (χ0v) is 9.37. The number of hydrogen-bond acceptors (Lipinski definition) is 2. The van der Waals surface area contributed by atoms with Gasteiger partial charge in [0, 0.05) is 24.2 Å². The molecule has 4 heteroatoms. The van der Waals surface area contributed by atoms with Gasteiger partial charge in [-0.15, -0.1) is 0 Å². The van der Waals surface area contributed by atoms with Gasteiger partial charge in [0.05, 0.1) is 6.61 Å². The molecule has 2 spiro atoms. The minimum Gasteiger partial charge on any atom is -0.465 e. The summed E-state index contributed by atoms with van der Waals surface area (Å²) in [5.41, 5.74) is -0.0289. The van der Waals surface area contributed by atoms with Gasteiger partial charge in [-0.25, -0.2) is 8.78 Å². The number of esters is 1. The summed E-state index contributed by atoms with van der Waals surface area (Å²) in [5.74, 6) is -2.43. The fraction of sp³-hybridized carbons (Fsp3) is 0.923. The maximum atomic E-state index is 14.3. The van der Waals surface area contributed by atoms with Crippen LogP contribution < -0.4 is 0 Å². The molecule has 7 aliphatic rings. The van der Waals surface area contributed by atoms with Gasteiger partial charge >= 0.3 is 5.97 Å². The third-order valence-corrected chi connectivity index (χ3v) is 7.79. The third-order valence-electron chi connectivity index (χ3n) is 7.79. The highest BCUT2D eigenvalue weighted by atomic mass is 19.3. The lowest BCUT2D eigenvalue weighted by Crippen LogP contribution is -2.88. The number of halogens is 2. The molecule has 0 aliphatic heterocycles. The molecule has 2 nitrogen and oxygen atoms in total. The Labute approximate surface area is 96.7 Å². The molecule has 0 radical (unpaired) electrons. The lowest BCUT2D eigenvalue weighted by Gasteiger charge is -2.88. The maximum absolute atomic E-state index is 14.3. The van der Waals surface area contributed by atoms with E-state index in [-0.39, 0.29) is 40.7 Å². The molecule has 8 unspecified atom stereocenters. The Morgan fingerprint density at radius 3 is 2.76 bits per heavy atom. The summed E-state index contributed by atoms with van der Waals surface area (Å²) in [7, 11) is 0. The van der Waals surface area contributed by atoms with Crippen molar-refractivity contribution in [1.82, 2.24) is 0 Å². The molecular weight excluding hydrogens is 226 g/mol. The van der Waals surface area contributed by atoms with Gasteiger partial charge in [-0.1, -0.05) is 0 Å². The van der Waals surface area contributed by atoms with E-state index in [0.717, 1.165) is 6.42 Å². The Hall–Kier alpha value is -0.670. The topological polar surface area (TPSA) is 26.3 Å². The van der Waals surface area contributed by atoms with E-state index in [1.165, 1.54) is 6.92 Å². The Morgan fingerprint density at radius 1 is 1.29 bits per heavy atom. The molecule has 0 aromatic heterocycles. The summed E-state index contributed by atoms with van der Waals surface area (Å²) in [6, 6.07) is 0. The molecule has 0 aromatic carbocycles. The van der Waals surface area contributed by atoms with Gasteiger partial charge in [0.25, 0.3) is 5.92 Å². The van der Waals surface area contributed by atoms with Crippen LogP contribution in [0.5, 0.6) is 0 Å². The molecule has 0 heterocycles. The van der Waals surface area contributed by atoms with Gasteiger partial charge in [-0.2, -0.15) is 0 Å². The molecule has 17 heavy (non-hydrogen) atoms. The summed E-state index contributed by atoms with van der Waals surface area (Å²) in [5, 5.41) is 0. The van der Waals surface area contributed by atoms with Gasteiger partial charge in [0.1, 0.15) is 0 Å². The molecule has 8 atom stereocenters. The molecule has 7 fully saturated rings. The van der Waals surface area contributed by atoms with E-state index in [1.54, 1.807) is 0 Å². The van der Waals surface area contributed by atoms with E-state index in [1.807, 2.05) is 0 Å². The van der Waals surface area contributed by atoms with Crippen LogP contribution in [0.3, 0.4) is 0 Å². The average molecular weight is 238 g/mol. The van der Waals surface area contributed by atoms with Crippen LogP contribution in [-0.2, 0) is 9.53 Å². The van der Waals surface area contributed by atoms with Crippen molar-refractivity contribution in [3.63, 3.8) is 0 Å². The van der Waals surface area contributed by atoms with Crippen molar-refractivity contribution in [2.75, 3.05) is 6.61 Å². The van der Waals surface area contributed by atoms with E-state index >= 15 is 0 Å². The minimum absolute atomic E-state index is 0.0285. The Balaban J connectivity index is 1.50. The van der Waals surface area contributed by atoms with Crippen molar-refractivity contribution in [2.45, 2.75) is 19.3 Å². The van der Waals surface area contributed by atoms with Gasteiger partial charge in [0.2, 0.25) is 0 Å². The first-order valence-electron chi connectivity index (χ1n) is 6.49. The first-order chi connectivity index (χ1) is 7.98. The van der Waals surface area contributed by atoms with E-state index in [2.05, 4.69) is 0 Å². The lowest BCUT2D eigenvalue weighted by molar-refractivity contribution is -0.444. The van der Waals surface area contributed by atoms with Gasteiger partial charge in [-0.3, -0.25) is 4.79 Å². The summed E-state index contributed by atoms with van der Waals surface area (Å²) in [6.45, 7) is 1.64. The van der Waals surface area contributed by atoms with Crippen LogP contribution >= 0.6 is 0 Å². The average Bonchev–Trinajstić information content (AvgIpc) is 2.71. The fourth-order valence-corrected chi connectivity index (χ4v) is 8.19. The van der Waals surface area contributed by atoms with E-state index in [0.29, 0.717) is 11.8 Å².